The number of ketones is 1. The fourth-order valence-corrected chi connectivity index (χ4v) is 2.25. The zero-order chi connectivity index (χ0) is 13.7. The van der Waals surface area contributed by atoms with Crippen molar-refractivity contribution in [2.75, 3.05) is 0 Å². The smallest absolute Gasteiger partial charge is 0.152 e. The monoisotopic (exact) mass is 320 g/mol. The molecule has 0 bridgehead atoms. The van der Waals surface area contributed by atoms with Crippen LogP contribution >= 0.6 is 15.9 Å². The van der Waals surface area contributed by atoms with Crippen molar-refractivity contribution in [1.82, 2.24) is 9.55 Å². The Morgan fingerprint density at radius 1 is 1.47 bits per heavy atom. The lowest BCUT2D eigenvalue weighted by Crippen LogP contribution is -2.10. The van der Waals surface area contributed by atoms with Crippen LogP contribution in [0, 0.1) is 6.92 Å². The second-order valence-corrected chi connectivity index (χ2v) is 5.62. The van der Waals surface area contributed by atoms with E-state index in [9.17, 15) is 4.79 Å². The van der Waals surface area contributed by atoms with Crippen molar-refractivity contribution in [2.45, 2.75) is 32.7 Å². The standard InChI is InChI=1S/C15H17BrN2O/c1-12-17-9-10-18(12)11-15(19)8-6-13-3-2-4-14(16)7-5-13/h2-3,5,7,9-10H,4,6,8,11H2,1H3. The quantitative estimate of drug-likeness (QED) is 0.829. The maximum Gasteiger partial charge on any atom is 0.152 e. The van der Waals surface area contributed by atoms with Crippen molar-refractivity contribution in [3.8, 4) is 0 Å². The van der Waals surface area contributed by atoms with E-state index in [2.05, 4.69) is 45.2 Å². The summed E-state index contributed by atoms with van der Waals surface area (Å²) in [6, 6.07) is 0. The molecule has 0 aromatic carbocycles. The summed E-state index contributed by atoms with van der Waals surface area (Å²) in [4.78, 5) is 16.0. The molecular formula is C15H17BrN2O. The van der Waals surface area contributed by atoms with Crippen molar-refractivity contribution in [3.63, 3.8) is 0 Å². The molecule has 0 radical (unpaired) electrons. The third-order valence-electron chi connectivity index (χ3n) is 3.09. The normalized spacial score (nSPS) is 14.8. The van der Waals surface area contributed by atoms with Gasteiger partial charge in [-0.2, -0.15) is 0 Å². The fourth-order valence-electron chi connectivity index (χ4n) is 1.93. The molecular weight excluding hydrogens is 304 g/mol. The molecule has 0 atom stereocenters. The lowest BCUT2D eigenvalue weighted by Gasteiger charge is -2.04. The first kappa shape index (κ1) is 14.0. The van der Waals surface area contributed by atoms with Gasteiger partial charge >= 0.3 is 0 Å². The molecule has 0 saturated heterocycles. The molecule has 0 fully saturated rings. The number of carbonyl (C=O) groups excluding carboxylic acids is 1. The zero-order valence-corrected chi connectivity index (χ0v) is 12.6. The molecule has 100 valence electrons. The third kappa shape index (κ3) is 4.31. The summed E-state index contributed by atoms with van der Waals surface area (Å²) in [5.74, 6) is 1.12. The number of hydrogen-bond acceptors (Lipinski definition) is 2. The Hall–Kier alpha value is -1.42. The molecule has 1 heterocycles. The van der Waals surface area contributed by atoms with Crippen LogP contribution in [0.3, 0.4) is 0 Å². The number of allylic oxidation sites excluding steroid dienone is 6. The molecule has 0 aliphatic heterocycles. The number of aromatic nitrogens is 2. The number of carbonyl (C=O) groups is 1. The first-order valence-corrected chi connectivity index (χ1v) is 7.15. The maximum absolute atomic E-state index is 11.9. The number of rotatable bonds is 5. The van der Waals surface area contributed by atoms with Crippen molar-refractivity contribution < 1.29 is 4.79 Å². The first-order valence-electron chi connectivity index (χ1n) is 6.36. The molecule has 0 spiro atoms. The van der Waals surface area contributed by atoms with Crippen LogP contribution in [-0.4, -0.2) is 15.3 Å². The summed E-state index contributed by atoms with van der Waals surface area (Å²) in [5.41, 5.74) is 1.20. The Kier molecular flexibility index (Phi) is 4.91. The molecule has 2 rings (SSSR count). The molecule has 0 amide bonds. The van der Waals surface area contributed by atoms with E-state index in [4.69, 9.17) is 0 Å². The minimum Gasteiger partial charge on any atom is -0.328 e. The molecule has 1 aromatic rings. The topological polar surface area (TPSA) is 34.9 Å². The minimum absolute atomic E-state index is 0.239. The third-order valence-corrected chi connectivity index (χ3v) is 3.67. The summed E-state index contributed by atoms with van der Waals surface area (Å²) in [6.45, 7) is 2.33. The van der Waals surface area contributed by atoms with Crippen molar-refractivity contribution in [3.05, 3.63) is 52.6 Å². The highest BCUT2D eigenvalue weighted by atomic mass is 79.9. The van der Waals surface area contributed by atoms with Crippen molar-refractivity contribution in [2.24, 2.45) is 0 Å². The number of hydrogen-bond donors (Lipinski definition) is 0. The van der Waals surface area contributed by atoms with E-state index in [0.29, 0.717) is 13.0 Å². The number of aryl methyl sites for hydroxylation is 1. The molecule has 0 unspecified atom stereocenters. The summed E-state index contributed by atoms with van der Waals surface area (Å²) in [5, 5.41) is 0. The van der Waals surface area contributed by atoms with Crippen LogP contribution in [-0.2, 0) is 11.3 Å². The molecule has 4 heteroatoms. The van der Waals surface area contributed by atoms with Gasteiger partial charge in [-0.25, -0.2) is 4.98 Å². The van der Waals surface area contributed by atoms with Crippen LogP contribution < -0.4 is 0 Å². The van der Waals surface area contributed by atoms with Gasteiger partial charge in [0.2, 0.25) is 0 Å². The molecule has 1 aromatic heterocycles. The number of halogens is 1. The number of nitrogens with zero attached hydrogens (tertiary/aromatic N) is 2. The van der Waals surface area contributed by atoms with E-state index >= 15 is 0 Å². The molecule has 3 nitrogen and oxygen atoms in total. The van der Waals surface area contributed by atoms with Crippen molar-refractivity contribution >= 4 is 21.7 Å². The van der Waals surface area contributed by atoms with E-state index in [1.54, 1.807) is 6.20 Å². The second-order valence-electron chi connectivity index (χ2n) is 4.60. The Balaban J connectivity index is 1.86. The SMILES string of the molecule is Cc1nccn1CC(=O)CCC1=CC=C(Br)CC=C1. The van der Waals surface area contributed by atoms with Gasteiger partial charge in [0.1, 0.15) is 5.82 Å². The fraction of sp³-hybridized carbons (Fsp3) is 0.333. The lowest BCUT2D eigenvalue weighted by atomic mass is 10.1. The first-order chi connectivity index (χ1) is 9.15. The largest absolute Gasteiger partial charge is 0.328 e. The summed E-state index contributed by atoms with van der Waals surface area (Å²) in [6.07, 6.45) is 14.2. The van der Waals surface area contributed by atoms with Gasteiger partial charge in [0.15, 0.2) is 5.78 Å². The van der Waals surface area contributed by atoms with E-state index in [1.807, 2.05) is 17.7 Å². The van der Waals surface area contributed by atoms with Gasteiger partial charge in [-0.15, -0.1) is 0 Å². The highest BCUT2D eigenvalue weighted by molar-refractivity contribution is 9.11. The number of Topliss-reactive ketones (excluding diaryl/α,β-unsaturated/α-hetero) is 1. The maximum atomic E-state index is 11.9. The molecule has 0 N–H and O–H groups in total. The van der Waals surface area contributed by atoms with Crippen LogP contribution in [0.25, 0.3) is 0 Å². The predicted molar refractivity (Wildman–Crippen MR) is 80.1 cm³/mol. The minimum atomic E-state index is 0.239. The Labute approximate surface area is 121 Å². The van der Waals surface area contributed by atoms with Crippen LogP contribution in [0.5, 0.6) is 0 Å². The van der Waals surface area contributed by atoms with Crippen LogP contribution in [0.4, 0.5) is 0 Å². The molecule has 0 saturated carbocycles. The highest BCUT2D eigenvalue weighted by Gasteiger charge is 2.06. The van der Waals surface area contributed by atoms with Gasteiger partial charge in [-0.1, -0.05) is 40.2 Å². The van der Waals surface area contributed by atoms with E-state index in [1.165, 1.54) is 10.1 Å². The van der Waals surface area contributed by atoms with Crippen LogP contribution in [0.1, 0.15) is 25.1 Å². The summed E-state index contributed by atoms with van der Waals surface area (Å²) in [7, 11) is 0. The van der Waals surface area contributed by atoms with E-state index in [-0.39, 0.29) is 5.78 Å². The lowest BCUT2D eigenvalue weighted by molar-refractivity contribution is -0.119. The zero-order valence-electron chi connectivity index (χ0n) is 11.0. The van der Waals surface area contributed by atoms with E-state index < -0.39 is 0 Å². The average molecular weight is 321 g/mol. The van der Waals surface area contributed by atoms with Gasteiger partial charge in [-0.05, 0) is 29.8 Å². The predicted octanol–water partition coefficient (Wildman–Crippen LogP) is 3.71. The van der Waals surface area contributed by atoms with Crippen molar-refractivity contribution in [1.29, 1.82) is 0 Å². The van der Waals surface area contributed by atoms with Crippen LogP contribution in [0.15, 0.2) is 46.8 Å². The molecule has 19 heavy (non-hydrogen) atoms. The summed E-state index contributed by atoms with van der Waals surface area (Å²) >= 11 is 3.48. The van der Waals surface area contributed by atoms with Gasteiger partial charge in [0.25, 0.3) is 0 Å². The number of imidazole rings is 1. The Morgan fingerprint density at radius 3 is 3.05 bits per heavy atom. The molecule has 1 aliphatic carbocycles. The van der Waals surface area contributed by atoms with Gasteiger partial charge < -0.3 is 4.57 Å². The van der Waals surface area contributed by atoms with E-state index in [0.717, 1.165) is 18.7 Å². The summed E-state index contributed by atoms with van der Waals surface area (Å²) < 4.78 is 3.05. The highest BCUT2D eigenvalue weighted by Crippen LogP contribution is 2.18. The average Bonchev–Trinajstić information content (AvgIpc) is 2.66. The second kappa shape index (κ2) is 6.66. The Morgan fingerprint density at radius 2 is 2.32 bits per heavy atom. The van der Waals surface area contributed by atoms with Gasteiger partial charge in [-0.3, -0.25) is 4.79 Å². The molecule has 1 aliphatic rings. The van der Waals surface area contributed by atoms with Crippen LogP contribution in [0.2, 0.25) is 0 Å². The van der Waals surface area contributed by atoms with Gasteiger partial charge in [0.05, 0.1) is 6.54 Å². The Bertz CT molecular complexity index is 552. The van der Waals surface area contributed by atoms with Gasteiger partial charge in [0, 0.05) is 18.8 Å².